The molecule has 0 aliphatic carbocycles. The molecular formula is C25H36N2O4. The average molecular weight is 429 g/mol. The molecule has 0 N–H and O–H groups in total. The van der Waals surface area contributed by atoms with Crippen LogP contribution < -0.4 is 4.74 Å². The van der Waals surface area contributed by atoms with Crippen LogP contribution in [0.1, 0.15) is 59.4 Å². The lowest BCUT2D eigenvalue weighted by Crippen LogP contribution is -2.39. The van der Waals surface area contributed by atoms with Gasteiger partial charge in [0.15, 0.2) is 0 Å². The standard InChI is InChI=1S/C25H36N2O4/c1-17(2)30-15-7-14-27-24(28)22(20-9-11-21(12-10-20)31-18(3)4)23(25(27)29)26-13-6-8-19(5)16-26/h9-12,17-19H,6-8,13-16H2,1-5H3. The second-order valence-corrected chi connectivity index (χ2v) is 9.14. The highest BCUT2D eigenvalue weighted by Gasteiger charge is 2.41. The number of ether oxygens (including phenoxy) is 2. The highest BCUT2D eigenvalue weighted by molar-refractivity contribution is 6.35. The highest BCUT2D eigenvalue weighted by Crippen LogP contribution is 2.34. The Hall–Kier alpha value is -2.34. The van der Waals surface area contributed by atoms with Crippen molar-refractivity contribution in [2.75, 3.05) is 26.2 Å². The molecule has 6 nitrogen and oxygen atoms in total. The van der Waals surface area contributed by atoms with Crippen molar-refractivity contribution in [3.8, 4) is 5.75 Å². The van der Waals surface area contributed by atoms with Crippen LogP contribution in [0, 0.1) is 5.92 Å². The molecule has 0 spiro atoms. The number of carbonyl (C=O) groups excluding carboxylic acids is 2. The maximum absolute atomic E-state index is 13.4. The van der Waals surface area contributed by atoms with E-state index in [1.165, 1.54) is 4.90 Å². The lowest BCUT2D eigenvalue weighted by Gasteiger charge is -2.33. The molecule has 2 aliphatic rings. The SMILES string of the molecule is CC1CCCN(C2=C(c3ccc(OC(C)C)cc3)C(=O)N(CCCOC(C)C)C2=O)C1. The molecule has 1 aromatic rings. The van der Waals surface area contributed by atoms with Gasteiger partial charge in [-0.1, -0.05) is 19.1 Å². The minimum atomic E-state index is -0.208. The molecule has 1 atom stereocenters. The van der Waals surface area contributed by atoms with E-state index in [0.29, 0.717) is 36.8 Å². The van der Waals surface area contributed by atoms with Crippen molar-refractivity contribution in [2.24, 2.45) is 5.92 Å². The van der Waals surface area contributed by atoms with Gasteiger partial charge in [-0.3, -0.25) is 14.5 Å². The third-order valence-electron chi connectivity index (χ3n) is 5.61. The quantitative estimate of drug-likeness (QED) is 0.438. The molecule has 1 saturated heterocycles. The number of rotatable bonds is 9. The minimum absolute atomic E-state index is 0.0775. The van der Waals surface area contributed by atoms with Gasteiger partial charge in [0.05, 0.1) is 17.8 Å². The van der Waals surface area contributed by atoms with Gasteiger partial charge < -0.3 is 14.4 Å². The second-order valence-electron chi connectivity index (χ2n) is 9.14. The van der Waals surface area contributed by atoms with Crippen molar-refractivity contribution < 1.29 is 19.1 Å². The van der Waals surface area contributed by atoms with E-state index in [4.69, 9.17) is 9.47 Å². The smallest absolute Gasteiger partial charge is 0.277 e. The first-order valence-corrected chi connectivity index (χ1v) is 11.5. The molecule has 0 bridgehead atoms. The van der Waals surface area contributed by atoms with E-state index in [-0.39, 0.29) is 24.0 Å². The fourth-order valence-electron chi connectivity index (χ4n) is 4.23. The van der Waals surface area contributed by atoms with Gasteiger partial charge in [0.25, 0.3) is 11.8 Å². The lowest BCUT2D eigenvalue weighted by molar-refractivity contribution is -0.137. The van der Waals surface area contributed by atoms with Crippen LogP contribution in [-0.4, -0.2) is 60.1 Å². The van der Waals surface area contributed by atoms with Crippen LogP contribution in [-0.2, 0) is 14.3 Å². The number of hydrogen-bond donors (Lipinski definition) is 0. The van der Waals surface area contributed by atoms with E-state index in [2.05, 4.69) is 11.8 Å². The van der Waals surface area contributed by atoms with Gasteiger partial charge in [0.2, 0.25) is 0 Å². The van der Waals surface area contributed by atoms with Crippen LogP contribution in [0.4, 0.5) is 0 Å². The van der Waals surface area contributed by atoms with E-state index in [1.54, 1.807) is 0 Å². The second kappa shape index (κ2) is 10.3. The normalized spacial score (nSPS) is 19.9. The fourth-order valence-corrected chi connectivity index (χ4v) is 4.23. The third kappa shape index (κ3) is 5.67. The molecule has 2 aliphatic heterocycles. The minimum Gasteiger partial charge on any atom is -0.491 e. The summed E-state index contributed by atoms with van der Waals surface area (Å²) >= 11 is 0. The largest absolute Gasteiger partial charge is 0.491 e. The monoisotopic (exact) mass is 428 g/mol. The predicted octanol–water partition coefficient (Wildman–Crippen LogP) is 4.10. The summed E-state index contributed by atoms with van der Waals surface area (Å²) in [6, 6.07) is 7.51. The number of amides is 2. The Labute approximate surface area is 186 Å². The number of hydrogen-bond acceptors (Lipinski definition) is 5. The van der Waals surface area contributed by atoms with Gasteiger partial charge in [-0.15, -0.1) is 0 Å². The number of nitrogens with zero attached hydrogens (tertiary/aromatic N) is 2. The number of piperidine rings is 1. The average Bonchev–Trinajstić information content (AvgIpc) is 2.95. The van der Waals surface area contributed by atoms with Crippen LogP contribution in [0.3, 0.4) is 0 Å². The zero-order valence-electron chi connectivity index (χ0n) is 19.5. The first kappa shape index (κ1) is 23.3. The van der Waals surface area contributed by atoms with Gasteiger partial charge in [-0.2, -0.15) is 0 Å². The molecular weight excluding hydrogens is 392 g/mol. The molecule has 3 rings (SSSR count). The van der Waals surface area contributed by atoms with Gasteiger partial charge >= 0.3 is 0 Å². The van der Waals surface area contributed by atoms with Gasteiger partial charge in [-0.05, 0) is 70.6 Å². The van der Waals surface area contributed by atoms with E-state index < -0.39 is 0 Å². The van der Waals surface area contributed by atoms with Crippen molar-refractivity contribution in [1.82, 2.24) is 9.80 Å². The zero-order chi connectivity index (χ0) is 22.5. The summed E-state index contributed by atoms with van der Waals surface area (Å²) in [6.45, 7) is 12.6. The Bertz CT molecular complexity index is 813. The van der Waals surface area contributed by atoms with Crippen LogP contribution in [0.5, 0.6) is 5.75 Å². The number of carbonyl (C=O) groups is 2. The lowest BCUT2D eigenvalue weighted by atomic mass is 9.97. The fraction of sp³-hybridized carbons (Fsp3) is 0.600. The van der Waals surface area contributed by atoms with Crippen molar-refractivity contribution in [3.63, 3.8) is 0 Å². The zero-order valence-corrected chi connectivity index (χ0v) is 19.5. The molecule has 170 valence electrons. The Balaban J connectivity index is 1.88. The van der Waals surface area contributed by atoms with Crippen LogP contribution in [0.2, 0.25) is 0 Å². The third-order valence-corrected chi connectivity index (χ3v) is 5.61. The Morgan fingerprint density at radius 3 is 2.35 bits per heavy atom. The molecule has 1 aromatic carbocycles. The summed E-state index contributed by atoms with van der Waals surface area (Å²) in [7, 11) is 0. The molecule has 1 fully saturated rings. The van der Waals surface area contributed by atoms with Crippen molar-refractivity contribution in [3.05, 3.63) is 35.5 Å². The number of benzene rings is 1. The number of likely N-dealkylation sites (tertiary alicyclic amines) is 1. The number of imide groups is 1. The molecule has 0 saturated carbocycles. The van der Waals surface area contributed by atoms with Crippen molar-refractivity contribution in [2.45, 2.75) is 66.1 Å². The van der Waals surface area contributed by atoms with Crippen LogP contribution >= 0.6 is 0 Å². The highest BCUT2D eigenvalue weighted by atomic mass is 16.5. The molecule has 0 radical (unpaired) electrons. The Morgan fingerprint density at radius 1 is 1.03 bits per heavy atom. The summed E-state index contributed by atoms with van der Waals surface area (Å²) < 4.78 is 11.3. The molecule has 31 heavy (non-hydrogen) atoms. The van der Waals surface area contributed by atoms with E-state index in [9.17, 15) is 9.59 Å². The van der Waals surface area contributed by atoms with Crippen LogP contribution in [0.15, 0.2) is 30.0 Å². The summed E-state index contributed by atoms with van der Waals surface area (Å²) in [6.07, 6.45) is 3.03. The van der Waals surface area contributed by atoms with Crippen molar-refractivity contribution >= 4 is 17.4 Å². The van der Waals surface area contributed by atoms with Gasteiger partial charge in [-0.25, -0.2) is 0 Å². The first-order valence-electron chi connectivity index (χ1n) is 11.5. The maximum atomic E-state index is 13.4. The molecule has 2 amide bonds. The topological polar surface area (TPSA) is 59.1 Å². The predicted molar refractivity (Wildman–Crippen MR) is 122 cm³/mol. The van der Waals surface area contributed by atoms with Gasteiger partial charge in [0.1, 0.15) is 11.4 Å². The first-order chi connectivity index (χ1) is 14.8. The van der Waals surface area contributed by atoms with E-state index in [1.807, 2.05) is 52.0 Å². The van der Waals surface area contributed by atoms with Crippen LogP contribution in [0.25, 0.3) is 5.57 Å². The molecule has 1 unspecified atom stereocenters. The summed E-state index contributed by atoms with van der Waals surface area (Å²) in [5, 5.41) is 0. The van der Waals surface area contributed by atoms with Crippen molar-refractivity contribution in [1.29, 1.82) is 0 Å². The maximum Gasteiger partial charge on any atom is 0.277 e. The molecule has 0 aromatic heterocycles. The van der Waals surface area contributed by atoms with E-state index in [0.717, 1.165) is 37.2 Å². The van der Waals surface area contributed by atoms with E-state index >= 15 is 0 Å². The molecule has 6 heteroatoms. The summed E-state index contributed by atoms with van der Waals surface area (Å²) in [5.41, 5.74) is 1.84. The summed E-state index contributed by atoms with van der Waals surface area (Å²) in [5.74, 6) is 0.870. The molecule has 2 heterocycles. The summed E-state index contributed by atoms with van der Waals surface area (Å²) in [4.78, 5) is 30.3. The van der Waals surface area contributed by atoms with Gasteiger partial charge in [0, 0.05) is 26.2 Å². The Kier molecular flexibility index (Phi) is 7.76. The Morgan fingerprint density at radius 2 is 1.74 bits per heavy atom.